The zero-order valence-corrected chi connectivity index (χ0v) is 13.0. The lowest BCUT2D eigenvalue weighted by atomic mass is 10.0. The van der Waals surface area contributed by atoms with E-state index in [0.29, 0.717) is 11.7 Å². The molecule has 2 aliphatic heterocycles. The molecule has 1 amide bonds. The lowest BCUT2D eigenvalue weighted by Gasteiger charge is -2.32. The largest absolute Gasteiger partial charge is 0.364 e. The van der Waals surface area contributed by atoms with Gasteiger partial charge in [-0.3, -0.25) is 19.3 Å². The van der Waals surface area contributed by atoms with Crippen LogP contribution in [0.25, 0.3) is 0 Å². The Hall–Kier alpha value is -1.40. The van der Waals surface area contributed by atoms with Crippen molar-refractivity contribution >= 4 is 5.91 Å². The number of likely N-dealkylation sites (tertiary alicyclic amines) is 1. The zero-order chi connectivity index (χ0) is 15.0. The Labute approximate surface area is 125 Å². The van der Waals surface area contributed by atoms with Gasteiger partial charge in [0.05, 0.1) is 0 Å². The van der Waals surface area contributed by atoms with Gasteiger partial charge in [0.1, 0.15) is 0 Å². The first-order valence-corrected chi connectivity index (χ1v) is 7.91. The molecular formula is C15H25N5O. The second-order valence-corrected chi connectivity index (χ2v) is 6.17. The molecule has 3 rings (SSSR count). The summed E-state index contributed by atoms with van der Waals surface area (Å²) < 4.78 is 1.82. The molecule has 1 aromatic rings. The summed E-state index contributed by atoms with van der Waals surface area (Å²) in [6.07, 6.45) is 3.54. The van der Waals surface area contributed by atoms with Gasteiger partial charge in [0, 0.05) is 50.4 Å². The summed E-state index contributed by atoms with van der Waals surface area (Å²) in [5, 5.41) is 4.29. The third-order valence-electron chi connectivity index (χ3n) is 4.93. The number of carbonyl (C=O) groups excluding carboxylic acids is 1. The molecule has 0 spiro atoms. The van der Waals surface area contributed by atoms with Gasteiger partial charge in [-0.15, -0.1) is 0 Å². The maximum atomic E-state index is 11.6. The Morgan fingerprint density at radius 3 is 2.95 bits per heavy atom. The molecule has 6 heteroatoms. The molecule has 0 aromatic carbocycles. The normalized spacial score (nSPS) is 23.4. The predicted octanol–water partition coefficient (Wildman–Crippen LogP) is 0.361. The molecule has 1 aromatic heterocycles. The van der Waals surface area contributed by atoms with E-state index in [1.807, 2.05) is 11.7 Å². The van der Waals surface area contributed by atoms with Gasteiger partial charge in [-0.05, 0) is 25.9 Å². The molecule has 1 unspecified atom stereocenters. The van der Waals surface area contributed by atoms with Crippen molar-refractivity contribution in [1.29, 1.82) is 0 Å². The highest BCUT2D eigenvalue weighted by Crippen LogP contribution is 2.24. The average Bonchev–Trinajstić information content (AvgIpc) is 3.03. The second kappa shape index (κ2) is 5.77. The van der Waals surface area contributed by atoms with E-state index in [0.717, 1.165) is 38.2 Å². The van der Waals surface area contributed by atoms with Crippen molar-refractivity contribution in [1.82, 2.24) is 19.6 Å². The number of amides is 1. The van der Waals surface area contributed by atoms with Crippen LogP contribution in [0.5, 0.6) is 0 Å². The van der Waals surface area contributed by atoms with Crippen LogP contribution in [0.2, 0.25) is 0 Å². The Morgan fingerprint density at radius 2 is 2.24 bits per heavy atom. The van der Waals surface area contributed by atoms with Crippen LogP contribution in [0.15, 0.2) is 0 Å². The van der Waals surface area contributed by atoms with E-state index in [9.17, 15) is 4.79 Å². The third-order valence-corrected chi connectivity index (χ3v) is 4.93. The minimum absolute atomic E-state index is 0.412. The van der Waals surface area contributed by atoms with E-state index in [4.69, 9.17) is 5.73 Å². The molecule has 0 bridgehead atoms. The lowest BCUT2D eigenvalue weighted by Crippen LogP contribution is -2.42. The predicted molar refractivity (Wildman–Crippen MR) is 81.0 cm³/mol. The fourth-order valence-corrected chi connectivity index (χ4v) is 3.82. The molecule has 6 nitrogen and oxygen atoms in total. The molecule has 2 aliphatic rings. The SMILES string of the molecule is CCN1CCCC1CN1CCc2c(c(C(N)=O)nn2C)C1. The standard InChI is InChI=1S/C15H25N5O/c1-3-20-7-4-5-11(20)9-19-8-6-13-12(10-19)14(15(16)21)17-18(13)2/h11H,3-10H2,1-2H3,(H2,16,21). The van der Waals surface area contributed by atoms with Crippen molar-refractivity contribution in [3.63, 3.8) is 0 Å². The number of fused-ring (bicyclic) bond motifs is 1. The van der Waals surface area contributed by atoms with Gasteiger partial charge >= 0.3 is 0 Å². The smallest absolute Gasteiger partial charge is 0.269 e. The number of rotatable bonds is 4. The van der Waals surface area contributed by atoms with Gasteiger partial charge in [0.15, 0.2) is 5.69 Å². The topological polar surface area (TPSA) is 67.4 Å². The number of primary amides is 1. The van der Waals surface area contributed by atoms with Crippen molar-refractivity contribution in [2.45, 2.75) is 38.8 Å². The summed E-state index contributed by atoms with van der Waals surface area (Å²) in [6, 6.07) is 0.658. The number of hydrogen-bond acceptors (Lipinski definition) is 4. The van der Waals surface area contributed by atoms with Gasteiger partial charge in [0.2, 0.25) is 0 Å². The summed E-state index contributed by atoms with van der Waals surface area (Å²) in [5.74, 6) is -0.412. The summed E-state index contributed by atoms with van der Waals surface area (Å²) in [6.45, 7) is 7.51. The van der Waals surface area contributed by atoms with Crippen molar-refractivity contribution in [3.05, 3.63) is 17.0 Å². The van der Waals surface area contributed by atoms with Crippen LogP contribution in [-0.4, -0.2) is 57.7 Å². The highest BCUT2D eigenvalue weighted by molar-refractivity contribution is 5.92. The van der Waals surface area contributed by atoms with Crippen LogP contribution in [0.3, 0.4) is 0 Å². The number of nitrogens with two attached hydrogens (primary N) is 1. The van der Waals surface area contributed by atoms with Crippen LogP contribution >= 0.6 is 0 Å². The molecule has 0 radical (unpaired) electrons. The fraction of sp³-hybridized carbons (Fsp3) is 0.733. The quantitative estimate of drug-likeness (QED) is 0.870. The molecule has 1 saturated heterocycles. The summed E-state index contributed by atoms with van der Waals surface area (Å²) in [5.41, 5.74) is 8.12. The first kappa shape index (κ1) is 14.5. The highest BCUT2D eigenvalue weighted by Gasteiger charge is 2.30. The molecule has 116 valence electrons. The van der Waals surface area contributed by atoms with Crippen molar-refractivity contribution in [2.24, 2.45) is 12.8 Å². The van der Waals surface area contributed by atoms with Gasteiger partial charge in [-0.25, -0.2) is 0 Å². The molecule has 21 heavy (non-hydrogen) atoms. The number of nitrogens with zero attached hydrogens (tertiary/aromatic N) is 4. The number of aryl methyl sites for hydroxylation is 1. The van der Waals surface area contributed by atoms with Crippen LogP contribution in [-0.2, 0) is 20.0 Å². The number of carbonyl (C=O) groups is 1. The van der Waals surface area contributed by atoms with Crippen molar-refractivity contribution < 1.29 is 4.79 Å². The highest BCUT2D eigenvalue weighted by atomic mass is 16.1. The summed E-state index contributed by atoms with van der Waals surface area (Å²) in [4.78, 5) is 16.6. The Balaban J connectivity index is 1.73. The Bertz CT molecular complexity index is 538. The number of aromatic nitrogens is 2. The first-order chi connectivity index (χ1) is 10.1. The Kier molecular flexibility index (Phi) is 3.99. The van der Waals surface area contributed by atoms with Gasteiger partial charge in [-0.2, -0.15) is 5.10 Å². The fourth-order valence-electron chi connectivity index (χ4n) is 3.82. The van der Waals surface area contributed by atoms with E-state index >= 15 is 0 Å². The van der Waals surface area contributed by atoms with E-state index in [1.54, 1.807) is 0 Å². The molecule has 2 N–H and O–H groups in total. The van der Waals surface area contributed by atoms with Gasteiger partial charge < -0.3 is 5.73 Å². The first-order valence-electron chi connectivity index (χ1n) is 7.91. The second-order valence-electron chi connectivity index (χ2n) is 6.17. The van der Waals surface area contributed by atoms with E-state index in [-0.39, 0.29) is 0 Å². The maximum Gasteiger partial charge on any atom is 0.269 e. The van der Waals surface area contributed by atoms with Crippen molar-refractivity contribution in [3.8, 4) is 0 Å². The zero-order valence-electron chi connectivity index (χ0n) is 13.0. The van der Waals surface area contributed by atoms with Crippen LogP contribution in [0.1, 0.15) is 41.5 Å². The van der Waals surface area contributed by atoms with E-state index < -0.39 is 5.91 Å². The van der Waals surface area contributed by atoms with Crippen molar-refractivity contribution in [2.75, 3.05) is 26.2 Å². The van der Waals surface area contributed by atoms with E-state index in [2.05, 4.69) is 21.8 Å². The Morgan fingerprint density at radius 1 is 1.43 bits per heavy atom. The van der Waals surface area contributed by atoms with Gasteiger partial charge in [0.25, 0.3) is 5.91 Å². The molecule has 1 atom stereocenters. The lowest BCUT2D eigenvalue weighted by molar-refractivity contribution is 0.0992. The minimum Gasteiger partial charge on any atom is -0.364 e. The molecule has 0 aliphatic carbocycles. The van der Waals surface area contributed by atoms with Gasteiger partial charge in [-0.1, -0.05) is 6.92 Å². The van der Waals surface area contributed by atoms with Crippen LogP contribution in [0, 0.1) is 0 Å². The number of likely N-dealkylation sites (N-methyl/N-ethyl adjacent to an activating group) is 1. The maximum absolute atomic E-state index is 11.6. The third kappa shape index (κ3) is 2.70. The summed E-state index contributed by atoms with van der Waals surface area (Å²) >= 11 is 0. The molecule has 0 saturated carbocycles. The molecule has 3 heterocycles. The monoisotopic (exact) mass is 291 g/mol. The van der Waals surface area contributed by atoms with E-state index in [1.165, 1.54) is 25.1 Å². The molecular weight excluding hydrogens is 266 g/mol. The van der Waals surface area contributed by atoms with Crippen LogP contribution < -0.4 is 5.73 Å². The average molecular weight is 291 g/mol. The number of hydrogen-bond donors (Lipinski definition) is 1. The van der Waals surface area contributed by atoms with Crippen LogP contribution in [0.4, 0.5) is 0 Å². The molecule has 1 fully saturated rings. The minimum atomic E-state index is -0.412. The summed E-state index contributed by atoms with van der Waals surface area (Å²) in [7, 11) is 1.90.